The topological polar surface area (TPSA) is 122 Å². The zero-order chi connectivity index (χ0) is 24.0. The monoisotopic (exact) mass is 483 g/mol. The van der Waals surface area contributed by atoms with E-state index in [1.54, 1.807) is 18.2 Å². The normalized spacial score (nSPS) is 19.4. The van der Waals surface area contributed by atoms with Gasteiger partial charge in [-0.3, -0.25) is 9.59 Å². The number of hydrogen-bond acceptors (Lipinski definition) is 7. The molecule has 1 aliphatic carbocycles. The summed E-state index contributed by atoms with van der Waals surface area (Å²) in [6.07, 6.45) is 1.52. The zero-order valence-corrected chi connectivity index (χ0v) is 19.0. The van der Waals surface area contributed by atoms with Crippen molar-refractivity contribution >= 4 is 38.9 Å². The van der Waals surface area contributed by atoms with Crippen molar-refractivity contribution in [2.24, 2.45) is 5.92 Å². The number of nitrogens with one attached hydrogen (secondary N) is 3. The molecular formula is C23H22FN5O4S. The number of nitrogens with zero attached hydrogens (tertiary/aromatic N) is 2. The van der Waals surface area contributed by atoms with Gasteiger partial charge in [0.05, 0.1) is 41.4 Å². The van der Waals surface area contributed by atoms with Gasteiger partial charge in [0.15, 0.2) is 5.78 Å². The maximum atomic E-state index is 13.3. The summed E-state index contributed by atoms with van der Waals surface area (Å²) in [4.78, 5) is 29.3. The van der Waals surface area contributed by atoms with E-state index >= 15 is 0 Å². The summed E-state index contributed by atoms with van der Waals surface area (Å²) < 4.78 is 40.3. The molecule has 5 rings (SSSR count). The molecule has 3 aromatic rings. The molecule has 34 heavy (non-hydrogen) atoms. The molecule has 0 saturated heterocycles. The van der Waals surface area contributed by atoms with Crippen LogP contribution in [0.4, 0.5) is 21.6 Å². The number of hydrogen-bond donors (Lipinski definition) is 3. The van der Waals surface area contributed by atoms with Gasteiger partial charge in [-0.2, -0.15) is 0 Å². The van der Waals surface area contributed by atoms with Gasteiger partial charge in [-0.15, -0.1) is 0 Å². The van der Waals surface area contributed by atoms with Crippen LogP contribution < -0.4 is 16.0 Å². The van der Waals surface area contributed by atoms with Crippen molar-refractivity contribution in [3.8, 4) is 11.3 Å². The molecule has 0 unspecified atom stereocenters. The maximum Gasteiger partial charge on any atom is 0.236 e. The van der Waals surface area contributed by atoms with Crippen molar-refractivity contribution in [1.29, 1.82) is 0 Å². The van der Waals surface area contributed by atoms with Gasteiger partial charge in [-0.25, -0.2) is 21.8 Å². The fourth-order valence-corrected chi connectivity index (χ4v) is 5.24. The number of fused-ring (bicyclic) bond motifs is 1. The number of alkyl halides is 1. The van der Waals surface area contributed by atoms with Crippen LogP contribution >= 0.6 is 0 Å². The highest BCUT2D eigenvalue weighted by molar-refractivity contribution is 7.89. The Kier molecular flexibility index (Phi) is 5.45. The van der Waals surface area contributed by atoms with Crippen LogP contribution in [0, 0.1) is 5.92 Å². The average Bonchev–Trinajstić information content (AvgIpc) is 3.43. The minimum Gasteiger partial charge on any atom is -0.353 e. The average molecular weight is 484 g/mol. The number of amides is 1. The predicted octanol–water partition coefficient (Wildman–Crippen LogP) is 2.68. The van der Waals surface area contributed by atoms with E-state index < -0.39 is 28.0 Å². The zero-order valence-electron chi connectivity index (χ0n) is 18.2. The molecule has 1 amide bonds. The lowest BCUT2D eigenvalue weighted by molar-refractivity contribution is -0.117. The van der Waals surface area contributed by atoms with Gasteiger partial charge in [0.1, 0.15) is 12.0 Å². The molecule has 2 atom stereocenters. The number of benzene rings is 1. The molecule has 1 aromatic carbocycles. The van der Waals surface area contributed by atoms with E-state index in [0.29, 0.717) is 28.2 Å². The number of rotatable bonds is 6. The summed E-state index contributed by atoms with van der Waals surface area (Å²) in [6.45, 7) is 0.263. The van der Waals surface area contributed by atoms with E-state index in [4.69, 9.17) is 0 Å². The summed E-state index contributed by atoms with van der Waals surface area (Å²) in [5.74, 6) is -1.25. The van der Waals surface area contributed by atoms with E-state index in [1.807, 2.05) is 18.2 Å². The van der Waals surface area contributed by atoms with Crippen LogP contribution in [0.5, 0.6) is 0 Å². The quantitative estimate of drug-likeness (QED) is 0.493. The van der Waals surface area contributed by atoms with Gasteiger partial charge in [-0.05, 0) is 30.7 Å². The van der Waals surface area contributed by atoms with Crippen molar-refractivity contribution in [2.75, 3.05) is 23.4 Å². The maximum absolute atomic E-state index is 13.3. The molecular weight excluding hydrogens is 461 g/mol. The summed E-state index contributed by atoms with van der Waals surface area (Å²) >= 11 is 0. The number of carbonyl (C=O) groups excluding carboxylic acids is 2. The van der Waals surface area contributed by atoms with Gasteiger partial charge in [0.25, 0.3) is 0 Å². The second-order valence-corrected chi connectivity index (χ2v) is 10.2. The number of carbonyl (C=O) groups is 2. The van der Waals surface area contributed by atoms with E-state index in [2.05, 4.69) is 20.9 Å². The van der Waals surface area contributed by atoms with Crippen molar-refractivity contribution < 1.29 is 22.4 Å². The molecule has 0 bridgehead atoms. The second kappa shape index (κ2) is 8.33. The number of aromatic nitrogens is 2. The first kappa shape index (κ1) is 22.2. The summed E-state index contributed by atoms with van der Waals surface area (Å²) in [6, 6.07) is 12.2. The van der Waals surface area contributed by atoms with Gasteiger partial charge in [-0.1, -0.05) is 18.2 Å². The molecule has 3 heterocycles. The molecule has 1 aliphatic heterocycles. The highest BCUT2D eigenvalue weighted by Crippen LogP contribution is 2.41. The number of anilines is 3. The van der Waals surface area contributed by atoms with E-state index in [-0.39, 0.29) is 36.8 Å². The molecule has 3 N–H and O–H groups in total. The number of para-hydroxylation sites is 1. The number of Topliss-reactive ketones (excluding diaryl/α,β-unsaturated/α-hetero) is 1. The Morgan fingerprint density at radius 1 is 1.21 bits per heavy atom. The van der Waals surface area contributed by atoms with Gasteiger partial charge >= 0.3 is 0 Å². The predicted molar refractivity (Wildman–Crippen MR) is 125 cm³/mol. The van der Waals surface area contributed by atoms with E-state index in [1.165, 1.54) is 12.3 Å². The standard InChI is InChI=1S/C23H22FN5O4S/c1-34(32,33)29-17-11-25-12-18(30)20(17)21(27-14-5-3-2-4-6-14)22(29)13-7-8-26-19(9-13)28-23(31)15-10-16(15)24/h2-9,15-16,25,27H,10-12H2,1H3,(H,26,28,31)/t15-,16+/m1/s1. The smallest absolute Gasteiger partial charge is 0.236 e. The Morgan fingerprint density at radius 2 is 1.94 bits per heavy atom. The van der Waals surface area contributed by atoms with Gasteiger partial charge in [0, 0.05) is 24.0 Å². The van der Waals surface area contributed by atoms with E-state index in [0.717, 1.165) is 10.2 Å². The fourth-order valence-electron chi connectivity index (χ4n) is 4.16. The van der Waals surface area contributed by atoms with Crippen LogP contribution in [0.1, 0.15) is 22.5 Å². The van der Waals surface area contributed by atoms with Crippen molar-refractivity contribution in [3.63, 3.8) is 0 Å². The largest absolute Gasteiger partial charge is 0.353 e. The Morgan fingerprint density at radius 3 is 2.62 bits per heavy atom. The highest BCUT2D eigenvalue weighted by atomic mass is 32.2. The summed E-state index contributed by atoms with van der Waals surface area (Å²) in [5, 5.41) is 8.77. The lowest BCUT2D eigenvalue weighted by Gasteiger charge is -2.16. The third-order valence-corrected chi connectivity index (χ3v) is 6.86. The number of halogens is 1. The van der Waals surface area contributed by atoms with Crippen LogP contribution in [0.25, 0.3) is 11.3 Å². The molecule has 9 nitrogen and oxygen atoms in total. The second-order valence-electron chi connectivity index (χ2n) is 8.37. The van der Waals surface area contributed by atoms with Crippen molar-refractivity contribution in [3.05, 3.63) is 59.9 Å². The molecule has 1 saturated carbocycles. The van der Waals surface area contributed by atoms with E-state index in [9.17, 15) is 22.4 Å². The van der Waals surface area contributed by atoms with Crippen LogP contribution in [0.2, 0.25) is 0 Å². The van der Waals surface area contributed by atoms with Crippen molar-refractivity contribution in [1.82, 2.24) is 14.3 Å². The van der Waals surface area contributed by atoms with Crippen molar-refractivity contribution in [2.45, 2.75) is 19.1 Å². The lowest BCUT2D eigenvalue weighted by atomic mass is 10.0. The number of ketones is 1. The molecule has 1 fully saturated rings. The van der Waals surface area contributed by atoms with Gasteiger partial charge in [0.2, 0.25) is 15.9 Å². The molecule has 11 heteroatoms. The third kappa shape index (κ3) is 4.08. The molecule has 2 aromatic heterocycles. The van der Waals surface area contributed by atoms with Crippen LogP contribution in [-0.4, -0.2) is 48.0 Å². The third-order valence-electron chi connectivity index (χ3n) is 5.79. The van der Waals surface area contributed by atoms with Crippen LogP contribution in [0.15, 0.2) is 48.7 Å². The first-order valence-electron chi connectivity index (χ1n) is 10.7. The minimum atomic E-state index is -3.84. The number of pyridine rings is 1. The molecule has 0 spiro atoms. The first-order chi connectivity index (χ1) is 16.2. The Bertz CT molecular complexity index is 1400. The summed E-state index contributed by atoms with van der Waals surface area (Å²) in [7, 11) is -3.84. The minimum absolute atomic E-state index is 0.0765. The Labute approximate surface area is 195 Å². The molecule has 176 valence electrons. The molecule has 0 radical (unpaired) electrons. The highest BCUT2D eigenvalue weighted by Gasteiger charge is 2.43. The fraction of sp³-hybridized carbons (Fsp3) is 0.261. The van der Waals surface area contributed by atoms with Gasteiger partial charge < -0.3 is 16.0 Å². The van der Waals surface area contributed by atoms with Crippen LogP contribution in [-0.2, 0) is 21.4 Å². The first-order valence-corrected chi connectivity index (χ1v) is 12.5. The lowest BCUT2D eigenvalue weighted by Crippen LogP contribution is -2.32. The SMILES string of the molecule is CS(=O)(=O)n1c2c(c(Nc3ccccc3)c1-c1ccnc(NC(=O)[C@@H]3C[C@@H]3F)c1)C(=O)CNC2. The molecule has 2 aliphatic rings. The Hall–Kier alpha value is -3.57. The van der Waals surface area contributed by atoms with Crippen LogP contribution in [0.3, 0.4) is 0 Å². The Balaban J connectivity index is 1.69. The summed E-state index contributed by atoms with van der Waals surface area (Å²) in [5.41, 5.74) is 2.32.